The Morgan fingerprint density at radius 3 is 2.89 bits per heavy atom. The number of carboxylic acid groups (broad SMARTS) is 1. The van der Waals surface area contributed by atoms with E-state index >= 15 is 0 Å². The first-order valence-corrected chi connectivity index (χ1v) is 5.73. The smallest absolute Gasteiger partial charge is 0.345 e. The average Bonchev–Trinajstić information content (AvgIpc) is 2.68. The van der Waals surface area contributed by atoms with Gasteiger partial charge in [0.15, 0.2) is 6.10 Å². The maximum Gasteiger partial charge on any atom is 0.345 e. The fourth-order valence-corrected chi connectivity index (χ4v) is 1.70. The zero-order chi connectivity index (χ0) is 13.3. The third kappa shape index (κ3) is 2.92. The third-order valence-corrected chi connectivity index (χ3v) is 2.58. The van der Waals surface area contributed by atoms with Gasteiger partial charge in [-0.25, -0.2) is 4.79 Å². The minimum Gasteiger partial charge on any atom is -0.490 e. The summed E-state index contributed by atoms with van der Waals surface area (Å²) in [5.41, 5.74) is -0.0540. The molecule has 0 fully saturated rings. The van der Waals surface area contributed by atoms with Crippen LogP contribution in [0.2, 0.25) is 0 Å². The van der Waals surface area contributed by atoms with Gasteiger partial charge in [-0.1, -0.05) is 6.07 Å². The lowest BCUT2D eigenvalue weighted by Crippen LogP contribution is -2.27. The Balaban J connectivity index is 2.06. The quantitative estimate of drug-likeness (QED) is 0.842. The van der Waals surface area contributed by atoms with Gasteiger partial charge >= 0.3 is 5.97 Å². The van der Waals surface area contributed by atoms with Crippen molar-refractivity contribution in [3.05, 3.63) is 23.8 Å². The van der Waals surface area contributed by atoms with E-state index in [0.717, 1.165) is 5.56 Å². The average molecular weight is 252 g/mol. The van der Waals surface area contributed by atoms with Crippen LogP contribution in [0, 0.1) is 0 Å². The second-order valence-corrected chi connectivity index (χ2v) is 5.02. The van der Waals surface area contributed by atoms with Crippen LogP contribution in [-0.2, 0) is 11.2 Å². The van der Waals surface area contributed by atoms with Crippen LogP contribution in [0.4, 0.5) is 0 Å². The van der Waals surface area contributed by atoms with Crippen LogP contribution >= 0.6 is 0 Å². The first-order valence-electron chi connectivity index (χ1n) is 5.73. The largest absolute Gasteiger partial charge is 0.490 e. The summed E-state index contributed by atoms with van der Waals surface area (Å²) < 4.78 is 10.7. The molecule has 0 radical (unpaired) electrons. The summed E-state index contributed by atoms with van der Waals surface area (Å²) in [6.45, 7) is 3.46. The minimum atomic E-state index is -0.967. The zero-order valence-corrected chi connectivity index (χ0v) is 10.3. The molecule has 98 valence electrons. The van der Waals surface area contributed by atoms with E-state index in [2.05, 4.69) is 0 Å². The van der Waals surface area contributed by atoms with Gasteiger partial charge in [-0.3, -0.25) is 0 Å². The van der Waals surface area contributed by atoms with E-state index < -0.39 is 17.7 Å². The van der Waals surface area contributed by atoms with Crippen molar-refractivity contribution in [2.45, 2.75) is 32.0 Å². The third-order valence-electron chi connectivity index (χ3n) is 2.58. The summed E-state index contributed by atoms with van der Waals surface area (Å²) in [5.74, 6) is 0.128. The molecule has 1 heterocycles. The molecule has 1 aliphatic heterocycles. The maximum absolute atomic E-state index is 10.8. The van der Waals surface area contributed by atoms with E-state index in [9.17, 15) is 9.90 Å². The molecule has 5 heteroatoms. The lowest BCUT2D eigenvalue weighted by Gasteiger charge is -2.18. The molecule has 1 aliphatic rings. The van der Waals surface area contributed by atoms with Gasteiger partial charge in [0.05, 0.1) is 5.60 Å². The highest BCUT2D eigenvalue weighted by molar-refractivity contribution is 5.74. The number of aliphatic hydroxyl groups is 1. The fraction of sp³-hybridized carbons (Fsp3) is 0.462. The predicted octanol–water partition coefficient (Wildman–Crippen LogP) is 1.22. The summed E-state index contributed by atoms with van der Waals surface area (Å²) in [7, 11) is 0. The highest BCUT2D eigenvalue weighted by atomic mass is 16.5. The molecule has 1 atom stereocenters. The Hall–Kier alpha value is -1.75. The van der Waals surface area contributed by atoms with E-state index in [1.807, 2.05) is 0 Å². The van der Waals surface area contributed by atoms with Crippen LogP contribution in [-0.4, -0.2) is 34.5 Å². The fourth-order valence-electron chi connectivity index (χ4n) is 1.70. The number of aliphatic carboxylic acids is 1. The van der Waals surface area contributed by atoms with Gasteiger partial charge in [-0.15, -0.1) is 0 Å². The zero-order valence-electron chi connectivity index (χ0n) is 10.3. The molecule has 18 heavy (non-hydrogen) atoms. The van der Waals surface area contributed by atoms with Crippen molar-refractivity contribution in [3.63, 3.8) is 0 Å². The number of rotatable bonds is 4. The molecular formula is C13H16O5. The number of fused-ring (bicyclic) bond motifs is 1. The Morgan fingerprint density at radius 2 is 2.28 bits per heavy atom. The normalized spacial score (nSPS) is 18.1. The molecule has 2 N–H and O–H groups in total. The van der Waals surface area contributed by atoms with Crippen molar-refractivity contribution in [3.8, 4) is 11.5 Å². The van der Waals surface area contributed by atoms with Crippen molar-refractivity contribution < 1.29 is 24.5 Å². The Kier molecular flexibility index (Phi) is 3.17. The van der Waals surface area contributed by atoms with Crippen LogP contribution in [0.15, 0.2) is 18.2 Å². The molecule has 0 spiro atoms. The van der Waals surface area contributed by atoms with Crippen molar-refractivity contribution in [2.75, 3.05) is 6.61 Å². The number of ether oxygens (including phenoxy) is 2. The molecule has 0 saturated heterocycles. The van der Waals surface area contributed by atoms with Crippen LogP contribution in [0.3, 0.4) is 0 Å². The van der Waals surface area contributed by atoms with Crippen LogP contribution in [0.5, 0.6) is 11.5 Å². The summed E-state index contributed by atoms with van der Waals surface area (Å²) in [6, 6.07) is 5.19. The van der Waals surface area contributed by atoms with E-state index in [-0.39, 0.29) is 6.61 Å². The first kappa shape index (κ1) is 12.7. The van der Waals surface area contributed by atoms with E-state index in [1.54, 1.807) is 32.0 Å². The summed E-state index contributed by atoms with van der Waals surface area (Å²) in [6.07, 6.45) is -0.444. The first-order chi connectivity index (χ1) is 8.35. The van der Waals surface area contributed by atoms with Crippen LogP contribution in [0.1, 0.15) is 19.4 Å². The lowest BCUT2D eigenvalue weighted by molar-refractivity contribution is -0.144. The van der Waals surface area contributed by atoms with E-state index in [0.29, 0.717) is 17.9 Å². The van der Waals surface area contributed by atoms with Crippen LogP contribution in [0.25, 0.3) is 0 Å². The second kappa shape index (κ2) is 4.49. The highest BCUT2D eigenvalue weighted by Crippen LogP contribution is 2.32. The number of carboxylic acids is 1. The summed E-state index contributed by atoms with van der Waals surface area (Å²) >= 11 is 0. The molecular weight excluding hydrogens is 236 g/mol. The molecule has 0 aromatic heterocycles. The van der Waals surface area contributed by atoms with Gasteiger partial charge < -0.3 is 19.7 Å². The van der Waals surface area contributed by atoms with Crippen molar-refractivity contribution in [1.29, 1.82) is 0 Å². The van der Waals surface area contributed by atoms with Gasteiger partial charge in [0.1, 0.15) is 18.1 Å². The van der Waals surface area contributed by atoms with E-state index in [1.165, 1.54) is 0 Å². The van der Waals surface area contributed by atoms with Crippen molar-refractivity contribution in [1.82, 2.24) is 0 Å². The number of hydrogen-bond donors (Lipinski definition) is 2. The number of benzene rings is 1. The lowest BCUT2D eigenvalue weighted by atomic mass is 10.1. The minimum absolute atomic E-state index is 0.161. The molecule has 0 saturated carbocycles. The summed E-state index contributed by atoms with van der Waals surface area (Å²) in [5, 5.41) is 18.4. The molecule has 5 nitrogen and oxygen atoms in total. The number of hydrogen-bond acceptors (Lipinski definition) is 4. The maximum atomic E-state index is 10.8. The Bertz CT molecular complexity index is 461. The monoisotopic (exact) mass is 252 g/mol. The highest BCUT2D eigenvalue weighted by Gasteiger charge is 2.29. The second-order valence-electron chi connectivity index (χ2n) is 5.02. The SMILES string of the molecule is CC(C)(O)COc1ccc2c(c1)OC(C(=O)O)C2. The number of carbonyl (C=O) groups is 1. The Morgan fingerprint density at radius 1 is 1.56 bits per heavy atom. The standard InChI is InChI=1S/C13H16O5/c1-13(2,16)7-17-9-4-3-8-5-11(12(14)15)18-10(8)6-9/h3-4,6,11,16H,5,7H2,1-2H3,(H,14,15). The van der Waals surface area contributed by atoms with Crippen molar-refractivity contribution in [2.24, 2.45) is 0 Å². The Labute approximate surface area is 105 Å². The van der Waals surface area contributed by atoms with Crippen LogP contribution < -0.4 is 9.47 Å². The van der Waals surface area contributed by atoms with E-state index in [4.69, 9.17) is 14.6 Å². The predicted molar refractivity (Wildman–Crippen MR) is 64.0 cm³/mol. The molecule has 2 rings (SSSR count). The molecule has 1 aromatic rings. The molecule has 0 bridgehead atoms. The topological polar surface area (TPSA) is 76.0 Å². The molecule has 0 amide bonds. The molecule has 1 unspecified atom stereocenters. The van der Waals surface area contributed by atoms with Gasteiger partial charge in [-0.2, -0.15) is 0 Å². The van der Waals surface area contributed by atoms with Gasteiger partial charge in [0, 0.05) is 12.5 Å². The van der Waals surface area contributed by atoms with Gasteiger partial charge in [-0.05, 0) is 25.5 Å². The van der Waals surface area contributed by atoms with Gasteiger partial charge in [0.2, 0.25) is 0 Å². The van der Waals surface area contributed by atoms with Crippen molar-refractivity contribution >= 4 is 5.97 Å². The molecule has 0 aliphatic carbocycles. The summed E-state index contributed by atoms with van der Waals surface area (Å²) in [4.78, 5) is 10.8. The van der Waals surface area contributed by atoms with Gasteiger partial charge in [0.25, 0.3) is 0 Å². The molecule has 1 aromatic carbocycles.